The van der Waals surface area contributed by atoms with Crippen LogP contribution in [0.15, 0.2) is 36.9 Å². The molecule has 7 nitrogen and oxygen atoms in total. The maximum atomic E-state index is 4.28. The van der Waals surface area contributed by atoms with Crippen molar-refractivity contribution in [1.82, 2.24) is 29.8 Å². The van der Waals surface area contributed by atoms with Crippen molar-refractivity contribution >= 4 is 5.69 Å². The molecule has 0 aliphatic carbocycles. The second kappa shape index (κ2) is 5.12. The summed E-state index contributed by atoms with van der Waals surface area (Å²) in [5.41, 5.74) is 3.11. The maximum absolute atomic E-state index is 4.28. The Morgan fingerprint density at radius 2 is 2.20 bits per heavy atom. The largest absolute Gasteiger partial charge is 0.378 e. The highest BCUT2D eigenvalue weighted by Crippen LogP contribution is 2.18. The summed E-state index contributed by atoms with van der Waals surface area (Å²) in [6.07, 6.45) is 5.31. The summed E-state index contributed by atoms with van der Waals surface area (Å²) < 4.78 is 3.65. The maximum Gasteiger partial charge on any atom is 0.143 e. The lowest BCUT2D eigenvalue weighted by molar-refractivity contribution is 0.785. The number of hydrogen-bond donors (Lipinski definition) is 1. The Kier molecular flexibility index (Phi) is 3.16. The molecule has 0 spiro atoms. The monoisotopic (exact) mass is 269 g/mol. The van der Waals surface area contributed by atoms with E-state index in [2.05, 4.69) is 31.9 Å². The summed E-state index contributed by atoms with van der Waals surface area (Å²) in [5, 5.41) is 14.5. The highest BCUT2D eigenvalue weighted by molar-refractivity contribution is 5.53. The molecule has 7 heteroatoms. The highest BCUT2D eigenvalue weighted by atomic mass is 15.5. The van der Waals surface area contributed by atoms with Crippen molar-refractivity contribution in [3.05, 3.63) is 48.3 Å². The SMILES string of the molecule is Cc1cc(NCc2nccn2C)ccc1-n1cnnn1. The first-order chi connectivity index (χ1) is 9.74. The van der Waals surface area contributed by atoms with Crippen LogP contribution in [0.3, 0.4) is 0 Å². The van der Waals surface area contributed by atoms with Crippen LogP contribution in [0.25, 0.3) is 5.69 Å². The Bertz CT molecular complexity index is 699. The van der Waals surface area contributed by atoms with Gasteiger partial charge in [-0.05, 0) is 41.1 Å². The van der Waals surface area contributed by atoms with E-state index in [9.17, 15) is 0 Å². The van der Waals surface area contributed by atoms with Crippen LogP contribution in [0.4, 0.5) is 5.69 Å². The Morgan fingerprint density at radius 3 is 2.85 bits per heavy atom. The fourth-order valence-electron chi connectivity index (χ4n) is 2.04. The minimum atomic E-state index is 0.688. The predicted molar refractivity (Wildman–Crippen MR) is 74.4 cm³/mol. The number of benzene rings is 1. The van der Waals surface area contributed by atoms with Crippen LogP contribution >= 0.6 is 0 Å². The molecule has 1 N–H and O–H groups in total. The molecule has 3 aromatic rings. The van der Waals surface area contributed by atoms with Gasteiger partial charge in [-0.3, -0.25) is 0 Å². The Balaban J connectivity index is 1.76. The van der Waals surface area contributed by atoms with E-state index in [4.69, 9.17) is 0 Å². The fourth-order valence-corrected chi connectivity index (χ4v) is 2.04. The lowest BCUT2D eigenvalue weighted by Crippen LogP contribution is -2.06. The van der Waals surface area contributed by atoms with Crippen LogP contribution in [-0.4, -0.2) is 29.8 Å². The van der Waals surface area contributed by atoms with Gasteiger partial charge in [-0.1, -0.05) is 0 Å². The molecule has 0 aliphatic heterocycles. The molecule has 0 aliphatic rings. The van der Waals surface area contributed by atoms with Crippen LogP contribution in [0.2, 0.25) is 0 Å². The van der Waals surface area contributed by atoms with Crippen molar-refractivity contribution in [2.24, 2.45) is 7.05 Å². The smallest absolute Gasteiger partial charge is 0.143 e. The van der Waals surface area contributed by atoms with Gasteiger partial charge in [0.2, 0.25) is 0 Å². The van der Waals surface area contributed by atoms with Crippen molar-refractivity contribution in [3.8, 4) is 5.69 Å². The van der Waals surface area contributed by atoms with Crippen molar-refractivity contribution < 1.29 is 0 Å². The molecule has 2 aromatic heterocycles. The number of nitrogens with zero attached hydrogens (tertiary/aromatic N) is 6. The molecule has 0 radical (unpaired) electrons. The van der Waals surface area contributed by atoms with E-state index < -0.39 is 0 Å². The molecule has 102 valence electrons. The van der Waals surface area contributed by atoms with Crippen LogP contribution in [0.1, 0.15) is 11.4 Å². The summed E-state index contributed by atoms with van der Waals surface area (Å²) in [5.74, 6) is 0.993. The van der Waals surface area contributed by atoms with Crippen LogP contribution < -0.4 is 5.32 Å². The molecule has 3 rings (SSSR count). The second-order valence-electron chi connectivity index (χ2n) is 4.56. The molecule has 0 bridgehead atoms. The topological polar surface area (TPSA) is 73.5 Å². The van der Waals surface area contributed by atoms with Crippen LogP contribution in [-0.2, 0) is 13.6 Å². The van der Waals surface area contributed by atoms with Gasteiger partial charge in [-0.15, -0.1) is 5.10 Å². The normalized spacial score (nSPS) is 10.7. The van der Waals surface area contributed by atoms with Gasteiger partial charge in [0.15, 0.2) is 0 Å². The molecule has 2 heterocycles. The number of aromatic nitrogens is 6. The first-order valence-electron chi connectivity index (χ1n) is 6.28. The van der Waals surface area contributed by atoms with Crippen LogP contribution in [0.5, 0.6) is 0 Å². The first-order valence-corrected chi connectivity index (χ1v) is 6.28. The Hall–Kier alpha value is -2.70. The molecular weight excluding hydrogens is 254 g/mol. The molecule has 0 amide bonds. The summed E-state index contributed by atoms with van der Waals surface area (Å²) in [7, 11) is 1.98. The third-order valence-corrected chi connectivity index (χ3v) is 3.16. The number of hydrogen-bond acceptors (Lipinski definition) is 5. The summed E-state index contributed by atoms with van der Waals surface area (Å²) in [6.45, 7) is 2.72. The van der Waals surface area contributed by atoms with Gasteiger partial charge < -0.3 is 9.88 Å². The molecule has 0 fully saturated rings. The number of aryl methyl sites for hydroxylation is 2. The van der Waals surface area contributed by atoms with E-state index in [1.165, 1.54) is 0 Å². The third kappa shape index (κ3) is 2.37. The first kappa shape index (κ1) is 12.3. The third-order valence-electron chi connectivity index (χ3n) is 3.16. The van der Waals surface area contributed by atoms with E-state index in [-0.39, 0.29) is 0 Å². The van der Waals surface area contributed by atoms with E-state index in [1.807, 2.05) is 36.9 Å². The predicted octanol–water partition coefficient (Wildman–Crippen LogP) is 1.32. The zero-order chi connectivity index (χ0) is 13.9. The van der Waals surface area contributed by atoms with Gasteiger partial charge in [0, 0.05) is 25.1 Å². The molecule has 0 saturated heterocycles. The molecule has 0 atom stereocenters. The lowest BCUT2D eigenvalue weighted by Gasteiger charge is -2.10. The number of imidazole rings is 1. The molecule has 20 heavy (non-hydrogen) atoms. The van der Waals surface area contributed by atoms with E-state index in [0.29, 0.717) is 6.54 Å². The van der Waals surface area contributed by atoms with Gasteiger partial charge in [0.05, 0.1) is 12.2 Å². The minimum absolute atomic E-state index is 0.688. The zero-order valence-corrected chi connectivity index (χ0v) is 11.4. The number of anilines is 1. The lowest BCUT2D eigenvalue weighted by atomic mass is 10.2. The van der Waals surface area contributed by atoms with Crippen molar-refractivity contribution in [3.63, 3.8) is 0 Å². The minimum Gasteiger partial charge on any atom is -0.378 e. The zero-order valence-electron chi connectivity index (χ0n) is 11.4. The van der Waals surface area contributed by atoms with Crippen LogP contribution in [0, 0.1) is 6.92 Å². The summed E-state index contributed by atoms with van der Waals surface area (Å²) in [6, 6.07) is 6.07. The highest BCUT2D eigenvalue weighted by Gasteiger charge is 2.04. The summed E-state index contributed by atoms with van der Waals surface area (Å²) in [4.78, 5) is 4.28. The number of nitrogens with one attached hydrogen (secondary N) is 1. The molecule has 0 saturated carbocycles. The van der Waals surface area contributed by atoms with Gasteiger partial charge in [-0.2, -0.15) is 0 Å². The van der Waals surface area contributed by atoms with E-state index >= 15 is 0 Å². The average Bonchev–Trinajstić information content (AvgIpc) is 3.08. The van der Waals surface area contributed by atoms with Gasteiger partial charge in [0.25, 0.3) is 0 Å². The average molecular weight is 269 g/mol. The quantitative estimate of drug-likeness (QED) is 0.773. The number of tetrazole rings is 1. The van der Waals surface area contributed by atoms with E-state index in [1.54, 1.807) is 17.2 Å². The van der Waals surface area contributed by atoms with Gasteiger partial charge >= 0.3 is 0 Å². The second-order valence-corrected chi connectivity index (χ2v) is 4.56. The van der Waals surface area contributed by atoms with Gasteiger partial charge in [-0.25, -0.2) is 9.67 Å². The fraction of sp³-hybridized carbons (Fsp3) is 0.231. The van der Waals surface area contributed by atoms with Crippen molar-refractivity contribution in [2.45, 2.75) is 13.5 Å². The Morgan fingerprint density at radius 1 is 1.30 bits per heavy atom. The Labute approximate surface area is 116 Å². The van der Waals surface area contributed by atoms with Gasteiger partial charge in [0.1, 0.15) is 12.2 Å². The van der Waals surface area contributed by atoms with Crippen molar-refractivity contribution in [2.75, 3.05) is 5.32 Å². The summed E-state index contributed by atoms with van der Waals surface area (Å²) >= 11 is 0. The molecule has 1 aromatic carbocycles. The number of rotatable bonds is 4. The van der Waals surface area contributed by atoms with Crippen molar-refractivity contribution in [1.29, 1.82) is 0 Å². The molecule has 0 unspecified atom stereocenters. The molecular formula is C13H15N7. The van der Waals surface area contributed by atoms with E-state index in [0.717, 1.165) is 22.8 Å². The standard InChI is InChI=1S/C13H15N7/c1-10-7-11(15-8-13-14-5-6-19(13)2)3-4-12(10)20-9-16-17-18-20/h3-7,9,15H,8H2,1-2H3.